The van der Waals surface area contributed by atoms with Gasteiger partial charge in [0.15, 0.2) is 5.75 Å². The minimum absolute atomic E-state index is 0.0621. The fourth-order valence-electron chi connectivity index (χ4n) is 2.50. The monoisotopic (exact) mass is 349 g/mol. The Labute approximate surface area is 138 Å². The fraction of sp³-hybridized carbons (Fsp3) is 0.0588. The van der Waals surface area contributed by atoms with Crippen LogP contribution in [-0.2, 0) is 6.54 Å². The van der Waals surface area contributed by atoms with Crippen molar-refractivity contribution in [1.29, 1.82) is 0 Å². The molecular formula is C17H10F3NO4. The zero-order chi connectivity index (χ0) is 18.1. The summed E-state index contributed by atoms with van der Waals surface area (Å²) in [5.41, 5.74) is -0.895. The summed E-state index contributed by atoms with van der Waals surface area (Å²) in [5.74, 6) is -3.00. The Morgan fingerprint density at radius 2 is 1.68 bits per heavy atom. The van der Waals surface area contributed by atoms with Gasteiger partial charge in [0.2, 0.25) is 5.43 Å². The third-order valence-corrected chi connectivity index (χ3v) is 3.55. The van der Waals surface area contributed by atoms with E-state index in [9.17, 15) is 22.8 Å². The lowest BCUT2D eigenvalue weighted by atomic mass is 10.1. The van der Waals surface area contributed by atoms with Gasteiger partial charge in [-0.05, 0) is 29.8 Å². The van der Waals surface area contributed by atoms with Crippen LogP contribution in [-0.4, -0.2) is 15.8 Å². The summed E-state index contributed by atoms with van der Waals surface area (Å²) in [4.78, 5) is 23.0. The number of benzene rings is 2. The number of pyridine rings is 1. The van der Waals surface area contributed by atoms with Crippen molar-refractivity contribution in [2.75, 3.05) is 0 Å². The van der Waals surface area contributed by atoms with Gasteiger partial charge in [-0.1, -0.05) is 12.1 Å². The molecule has 3 aromatic rings. The molecule has 0 unspecified atom stereocenters. The highest BCUT2D eigenvalue weighted by atomic mass is 19.1. The Kier molecular flexibility index (Phi) is 4.18. The van der Waals surface area contributed by atoms with Gasteiger partial charge in [-0.3, -0.25) is 4.79 Å². The number of carboxylic acid groups (broad SMARTS) is 1. The predicted octanol–water partition coefficient (Wildman–Crippen LogP) is 3.52. The van der Waals surface area contributed by atoms with E-state index in [1.165, 1.54) is 24.3 Å². The number of carbonyl (C=O) groups is 1. The molecule has 0 saturated heterocycles. The van der Waals surface area contributed by atoms with Crippen molar-refractivity contribution in [3.8, 4) is 5.75 Å². The van der Waals surface area contributed by atoms with Gasteiger partial charge in [-0.15, -0.1) is 0 Å². The molecule has 1 N–H and O–H groups in total. The average molecular weight is 349 g/mol. The highest BCUT2D eigenvalue weighted by Crippen LogP contribution is 2.23. The molecule has 25 heavy (non-hydrogen) atoms. The molecule has 0 aliphatic heterocycles. The number of fused-ring (bicyclic) bond motifs is 1. The van der Waals surface area contributed by atoms with E-state index in [2.05, 4.69) is 4.74 Å². The number of ether oxygens (including phenoxy) is 1. The Balaban J connectivity index is 2.26. The number of nitrogens with zero attached hydrogens (tertiary/aromatic N) is 1. The maximum absolute atomic E-state index is 14.2. The summed E-state index contributed by atoms with van der Waals surface area (Å²) in [5, 5.41) is 8.09. The molecule has 0 atom stereocenters. The Bertz CT molecular complexity index is 1030. The molecule has 3 rings (SSSR count). The van der Waals surface area contributed by atoms with Gasteiger partial charge in [0.1, 0.15) is 17.5 Å². The molecule has 1 aromatic heterocycles. The van der Waals surface area contributed by atoms with Crippen molar-refractivity contribution in [1.82, 2.24) is 4.57 Å². The molecule has 0 aliphatic carbocycles. The quantitative estimate of drug-likeness (QED) is 0.735. The van der Waals surface area contributed by atoms with E-state index < -0.39 is 40.2 Å². The first-order chi connectivity index (χ1) is 11.9. The maximum atomic E-state index is 14.2. The zero-order valence-electron chi connectivity index (χ0n) is 12.5. The molecule has 0 aliphatic rings. The number of hydrogen-bond acceptors (Lipinski definition) is 3. The van der Waals surface area contributed by atoms with Crippen molar-refractivity contribution in [3.63, 3.8) is 0 Å². The molecule has 8 heteroatoms. The Hall–Kier alpha value is -3.29. The van der Waals surface area contributed by atoms with Crippen LogP contribution in [0.25, 0.3) is 10.9 Å². The zero-order valence-corrected chi connectivity index (χ0v) is 12.5. The molecule has 0 bridgehead atoms. The number of aromatic nitrogens is 1. The molecular weight excluding hydrogens is 339 g/mol. The van der Waals surface area contributed by atoms with Crippen LogP contribution >= 0.6 is 0 Å². The van der Waals surface area contributed by atoms with Crippen molar-refractivity contribution in [3.05, 3.63) is 75.8 Å². The van der Waals surface area contributed by atoms with Gasteiger partial charge in [0.05, 0.1) is 17.1 Å². The highest BCUT2D eigenvalue weighted by molar-refractivity contribution is 5.82. The minimum Gasteiger partial charge on any atom is -0.449 e. The van der Waals surface area contributed by atoms with Crippen LogP contribution in [0.2, 0.25) is 0 Å². The summed E-state index contributed by atoms with van der Waals surface area (Å²) in [7, 11) is 0. The van der Waals surface area contributed by atoms with Gasteiger partial charge < -0.3 is 14.4 Å². The third kappa shape index (κ3) is 3.18. The van der Waals surface area contributed by atoms with Crippen LogP contribution in [0.4, 0.5) is 18.0 Å². The first-order valence-electron chi connectivity index (χ1n) is 7.03. The van der Waals surface area contributed by atoms with E-state index in [1.54, 1.807) is 0 Å². The van der Waals surface area contributed by atoms with E-state index >= 15 is 0 Å². The second-order valence-corrected chi connectivity index (χ2v) is 5.20. The standard InChI is InChI=1S/C17H10F3NO4/c18-10-3-1-9(2-4-10)7-21-8-13(25-17(23)24)16(22)14-11(19)5-6-12(20)15(14)21/h1-6,8H,7H2,(H,23,24). The van der Waals surface area contributed by atoms with Crippen molar-refractivity contribution in [2.24, 2.45) is 0 Å². The molecule has 0 spiro atoms. The van der Waals surface area contributed by atoms with Crippen molar-refractivity contribution in [2.45, 2.75) is 6.54 Å². The first-order valence-corrected chi connectivity index (χ1v) is 7.03. The lowest BCUT2D eigenvalue weighted by Crippen LogP contribution is -2.18. The van der Waals surface area contributed by atoms with Gasteiger partial charge in [-0.25, -0.2) is 18.0 Å². The number of hydrogen-bond donors (Lipinski definition) is 1. The van der Waals surface area contributed by atoms with Gasteiger partial charge >= 0.3 is 6.16 Å². The Morgan fingerprint density at radius 3 is 2.32 bits per heavy atom. The topological polar surface area (TPSA) is 68.5 Å². The van der Waals surface area contributed by atoms with E-state index in [0.717, 1.165) is 22.9 Å². The van der Waals surface area contributed by atoms with Crippen LogP contribution in [0.3, 0.4) is 0 Å². The number of halogens is 3. The van der Waals surface area contributed by atoms with Crippen molar-refractivity contribution >= 4 is 17.1 Å². The summed E-state index contributed by atoms with van der Waals surface area (Å²) in [6.07, 6.45) is -0.786. The van der Waals surface area contributed by atoms with Crippen LogP contribution in [0, 0.1) is 17.5 Å². The normalized spacial score (nSPS) is 10.8. The van der Waals surface area contributed by atoms with Gasteiger partial charge in [0, 0.05) is 6.54 Å². The maximum Gasteiger partial charge on any atom is 0.511 e. The van der Waals surface area contributed by atoms with Crippen LogP contribution in [0.15, 0.2) is 47.4 Å². The molecule has 0 fully saturated rings. The number of rotatable bonds is 3. The molecule has 128 valence electrons. The largest absolute Gasteiger partial charge is 0.511 e. The van der Waals surface area contributed by atoms with Crippen LogP contribution < -0.4 is 10.2 Å². The van der Waals surface area contributed by atoms with E-state index in [-0.39, 0.29) is 12.1 Å². The smallest absolute Gasteiger partial charge is 0.449 e. The predicted molar refractivity (Wildman–Crippen MR) is 82.3 cm³/mol. The summed E-state index contributed by atoms with van der Waals surface area (Å²) < 4.78 is 46.8. The lowest BCUT2D eigenvalue weighted by molar-refractivity contribution is 0.144. The highest BCUT2D eigenvalue weighted by Gasteiger charge is 2.19. The summed E-state index contributed by atoms with van der Waals surface area (Å²) in [6.45, 7) is -0.0621. The van der Waals surface area contributed by atoms with Crippen LogP contribution in [0.5, 0.6) is 5.75 Å². The lowest BCUT2D eigenvalue weighted by Gasteiger charge is -2.14. The van der Waals surface area contributed by atoms with Crippen LogP contribution in [0.1, 0.15) is 5.56 Å². The van der Waals surface area contributed by atoms with E-state index in [0.29, 0.717) is 5.56 Å². The molecule has 0 radical (unpaired) electrons. The SMILES string of the molecule is O=C(O)Oc1cn(Cc2ccc(F)cc2)c2c(F)ccc(F)c2c1=O. The summed E-state index contributed by atoms with van der Waals surface area (Å²) in [6, 6.07) is 6.85. The minimum atomic E-state index is -1.76. The second kappa shape index (κ2) is 6.31. The Morgan fingerprint density at radius 1 is 1.04 bits per heavy atom. The molecule has 2 aromatic carbocycles. The molecule has 5 nitrogen and oxygen atoms in total. The molecule has 0 saturated carbocycles. The second-order valence-electron chi connectivity index (χ2n) is 5.20. The first kappa shape index (κ1) is 16.6. The van der Waals surface area contributed by atoms with E-state index in [1.807, 2.05) is 0 Å². The summed E-state index contributed by atoms with van der Waals surface area (Å²) >= 11 is 0. The fourth-order valence-corrected chi connectivity index (χ4v) is 2.50. The van der Waals surface area contributed by atoms with Gasteiger partial charge in [-0.2, -0.15) is 0 Å². The van der Waals surface area contributed by atoms with Crippen molar-refractivity contribution < 1.29 is 27.8 Å². The average Bonchev–Trinajstić information content (AvgIpc) is 2.55. The third-order valence-electron chi connectivity index (χ3n) is 3.55. The molecule has 0 amide bonds. The van der Waals surface area contributed by atoms with E-state index in [4.69, 9.17) is 5.11 Å². The molecule has 1 heterocycles. The van der Waals surface area contributed by atoms with Gasteiger partial charge in [0.25, 0.3) is 0 Å².